The average molecular weight is 335 g/mol. The van der Waals surface area contributed by atoms with Crippen LogP contribution in [0, 0.1) is 0 Å². The van der Waals surface area contributed by atoms with Crippen LogP contribution in [0.5, 0.6) is 5.88 Å². The Kier molecular flexibility index (Phi) is 3.96. The van der Waals surface area contributed by atoms with E-state index in [1.165, 1.54) is 25.1 Å². The fourth-order valence-electron chi connectivity index (χ4n) is 1.61. The van der Waals surface area contributed by atoms with Crippen LogP contribution in [0.4, 0.5) is 13.2 Å². The van der Waals surface area contributed by atoms with Gasteiger partial charge in [0.15, 0.2) is 11.5 Å². The number of rotatable bonds is 4. The van der Waals surface area contributed by atoms with Crippen LogP contribution in [0.3, 0.4) is 0 Å². The number of Topliss-reactive ketones (excluding diaryl/α,β-unsaturated/α-hetero) is 1. The summed E-state index contributed by atoms with van der Waals surface area (Å²) in [6.45, 7) is 1.19. The van der Waals surface area contributed by atoms with Crippen LogP contribution in [0.25, 0.3) is 11.1 Å². The van der Waals surface area contributed by atoms with Crippen LogP contribution in [-0.4, -0.2) is 24.7 Å². The maximum absolute atomic E-state index is 12.4. The Morgan fingerprint density at radius 1 is 1.27 bits per heavy atom. The second kappa shape index (κ2) is 5.44. The first-order valence-corrected chi connectivity index (χ1v) is 7.09. The molecule has 0 aliphatic carbocycles. The molecule has 0 saturated heterocycles. The van der Waals surface area contributed by atoms with Gasteiger partial charge in [-0.2, -0.15) is 21.6 Å². The van der Waals surface area contributed by atoms with Crippen molar-refractivity contribution in [3.05, 3.63) is 36.4 Å². The normalized spacial score (nSPS) is 12.2. The quantitative estimate of drug-likeness (QED) is 0.485. The van der Waals surface area contributed by atoms with Crippen LogP contribution in [0.1, 0.15) is 17.5 Å². The average Bonchev–Trinajstić information content (AvgIpc) is 2.86. The molecule has 118 valence electrons. The molecule has 0 atom stereocenters. The van der Waals surface area contributed by atoms with Crippen molar-refractivity contribution < 1.29 is 35.0 Å². The Labute approximate surface area is 122 Å². The number of nitrogens with zero attached hydrogens (tertiary/aromatic N) is 1. The zero-order chi connectivity index (χ0) is 16.5. The Hall–Kier alpha value is -2.36. The Morgan fingerprint density at radius 3 is 2.55 bits per heavy atom. The summed E-state index contributed by atoms with van der Waals surface area (Å²) in [5.41, 5.74) is -5.64. The second-order valence-corrected chi connectivity index (χ2v) is 5.60. The van der Waals surface area contributed by atoms with E-state index in [1.54, 1.807) is 0 Å². The first kappa shape index (κ1) is 16.0. The zero-order valence-corrected chi connectivity index (χ0v) is 11.7. The standard InChI is InChI=1S/C12H8F3NO5S/c1-7(17)10-8(4-6-20-10)9-3-2-5-16-11(9)21-22(18,19)12(13,14)15/h2-6H,1H3. The van der Waals surface area contributed by atoms with E-state index in [4.69, 9.17) is 4.42 Å². The van der Waals surface area contributed by atoms with E-state index < -0.39 is 27.3 Å². The predicted molar refractivity (Wildman–Crippen MR) is 67.5 cm³/mol. The molecule has 2 aromatic rings. The summed E-state index contributed by atoms with van der Waals surface area (Å²) in [6.07, 6.45) is 2.19. The number of hydrogen-bond donors (Lipinski definition) is 0. The van der Waals surface area contributed by atoms with Gasteiger partial charge in [0.25, 0.3) is 0 Å². The minimum absolute atomic E-state index is 0.0768. The highest BCUT2D eigenvalue weighted by Gasteiger charge is 2.49. The molecule has 0 amide bonds. The number of ketones is 1. The highest BCUT2D eigenvalue weighted by Crippen LogP contribution is 2.34. The summed E-state index contributed by atoms with van der Waals surface area (Å²) >= 11 is 0. The van der Waals surface area contributed by atoms with Gasteiger partial charge in [-0.15, -0.1) is 0 Å². The highest BCUT2D eigenvalue weighted by molar-refractivity contribution is 7.88. The van der Waals surface area contributed by atoms with E-state index in [2.05, 4.69) is 9.17 Å². The Morgan fingerprint density at radius 2 is 1.95 bits per heavy atom. The number of furan rings is 1. The number of aromatic nitrogens is 1. The Bertz CT molecular complexity index is 810. The van der Waals surface area contributed by atoms with Crippen molar-refractivity contribution in [1.29, 1.82) is 0 Å². The van der Waals surface area contributed by atoms with Gasteiger partial charge in [0.05, 0.1) is 6.26 Å². The molecule has 2 rings (SSSR count). The van der Waals surface area contributed by atoms with E-state index in [9.17, 15) is 26.4 Å². The van der Waals surface area contributed by atoms with Gasteiger partial charge in [0.2, 0.25) is 5.88 Å². The molecular weight excluding hydrogens is 327 g/mol. The maximum atomic E-state index is 12.4. The lowest BCUT2D eigenvalue weighted by molar-refractivity contribution is -0.0501. The zero-order valence-electron chi connectivity index (χ0n) is 10.9. The van der Waals surface area contributed by atoms with Crippen molar-refractivity contribution in [1.82, 2.24) is 4.98 Å². The number of carbonyl (C=O) groups excluding carboxylic acids is 1. The third-order valence-corrected chi connectivity index (χ3v) is 3.46. The maximum Gasteiger partial charge on any atom is 0.534 e. The van der Waals surface area contributed by atoms with Crippen molar-refractivity contribution >= 4 is 15.9 Å². The molecule has 22 heavy (non-hydrogen) atoms. The molecule has 0 radical (unpaired) electrons. The summed E-state index contributed by atoms with van der Waals surface area (Å²) in [5, 5.41) is 0. The summed E-state index contributed by atoms with van der Waals surface area (Å²) in [7, 11) is -5.88. The van der Waals surface area contributed by atoms with E-state index in [-0.39, 0.29) is 16.9 Å². The van der Waals surface area contributed by atoms with Gasteiger partial charge in [0, 0.05) is 24.2 Å². The molecular formula is C12H8F3NO5S. The lowest BCUT2D eigenvalue weighted by atomic mass is 10.1. The molecule has 0 spiro atoms. The third kappa shape index (κ3) is 2.96. The first-order valence-electron chi connectivity index (χ1n) is 5.68. The van der Waals surface area contributed by atoms with Crippen LogP contribution in [0.2, 0.25) is 0 Å². The molecule has 0 unspecified atom stereocenters. The minimum Gasteiger partial charge on any atom is -0.461 e. The van der Waals surface area contributed by atoms with E-state index in [1.807, 2.05) is 0 Å². The molecule has 2 aromatic heterocycles. The van der Waals surface area contributed by atoms with Crippen LogP contribution in [0.15, 0.2) is 35.1 Å². The SMILES string of the molecule is CC(=O)c1occc1-c1cccnc1OS(=O)(=O)C(F)(F)F. The van der Waals surface area contributed by atoms with Gasteiger partial charge in [-0.25, -0.2) is 4.98 Å². The lowest BCUT2D eigenvalue weighted by Gasteiger charge is -2.11. The van der Waals surface area contributed by atoms with Gasteiger partial charge in [0.1, 0.15) is 0 Å². The summed E-state index contributed by atoms with van der Waals surface area (Å²) in [5.74, 6) is -1.44. The van der Waals surface area contributed by atoms with Gasteiger partial charge in [-0.05, 0) is 18.2 Å². The van der Waals surface area contributed by atoms with Crippen molar-refractivity contribution in [3.63, 3.8) is 0 Å². The minimum atomic E-state index is -5.88. The van der Waals surface area contributed by atoms with Crippen LogP contribution >= 0.6 is 0 Å². The van der Waals surface area contributed by atoms with E-state index >= 15 is 0 Å². The largest absolute Gasteiger partial charge is 0.534 e. The number of hydrogen-bond acceptors (Lipinski definition) is 6. The molecule has 0 bridgehead atoms. The van der Waals surface area contributed by atoms with Gasteiger partial charge in [-0.3, -0.25) is 4.79 Å². The molecule has 10 heteroatoms. The molecule has 0 aliphatic rings. The van der Waals surface area contributed by atoms with Crippen molar-refractivity contribution in [3.8, 4) is 17.0 Å². The highest BCUT2D eigenvalue weighted by atomic mass is 32.2. The molecule has 0 saturated carbocycles. The summed E-state index contributed by atoms with van der Waals surface area (Å²) < 4.78 is 68.3. The number of carbonyl (C=O) groups is 1. The van der Waals surface area contributed by atoms with Crippen LogP contribution < -0.4 is 4.18 Å². The van der Waals surface area contributed by atoms with E-state index in [0.717, 1.165) is 12.5 Å². The second-order valence-electron chi connectivity index (χ2n) is 4.06. The number of alkyl halides is 3. The Balaban J connectivity index is 2.53. The van der Waals surface area contributed by atoms with E-state index in [0.29, 0.717) is 0 Å². The molecule has 0 aliphatic heterocycles. The topological polar surface area (TPSA) is 86.5 Å². The van der Waals surface area contributed by atoms with Gasteiger partial charge < -0.3 is 8.60 Å². The van der Waals surface area contributed by atoms with Crippen LogP contribution in [-0.2, 0) is 10.1 Å². The molecule has 6 nitrogen and oxygen atoms in total. The molecule has 0 N–H and O–H groups in total. The van der Waals surface area contributed by atoms with Crippen molar-refractivity contribution in [2.24, 2.45) is 0 Å². The molecule has 2 heterocycles. The summed E-state index contributed by atoms with van der Waals surface area (Å²) in [6, 6.07) is 3.89. The van der Waals surface area contributed by atoms with Crippen molar-refractivity contribution in [2.45, 2.75) is 12.4 Å². The third-order valence-electron chi connectivity index (χ3n) is 2.52. The van der Waals surface area contributed by atoms with Gasteiger partial charge in [-0.1, -0.05) is 0 Å². The number of pyridine rings is 1. The fourth-order valence-corrected chi connectivity index (χ4v) is 2.04. The monoisotopic (exact) mass is 335 g/mol. The van der Waals surface area contributed by atoms with Crippen molar-refractivity contribution in [2.75, 3.05) is 0 Å². The molecule has 0 aromatic carbocycles. The first-order chi connectivity index (χ1) is 10.1. The molecule has 0 fully saturated rings. The fraction of sp³-hybridized carbons (Fsp3) is 0.167. The predicted octanol–water partition coefficient (Wildman–Crippen LogP) is 2.77. The van der Waals surface area contributed by atoms with Gasteiger partial charge >= 0.3 is 15.6 Å². The number of halogens is 3. The summed E-state index contributed by atoms with van der Waals surface area (Å²) in [4.78, 5) is 14.9. The lowest BCUT2D eigenvalue weighted by Crippen LogP contribution is -2.28. The smallest absolute Gasteiger partial charge is 0.461 e.